The van der Waals surface area contributed by atoms with Crippen LogP contribution in [0.1, 0.15) is 38.9 Å². The maximum absolute atomic E-state index is 13.7. The van der Waals surface area contributed by atoms with Gasteiger partial charge >= 0.3 is 5.97 Å². The minimum Gasteiger partial charge on any atom is -0.465 e. The Hall–Kier alpha value is -1.91. The van der Waals surface area contributed by atoms with Crippen molar-refractivity contribution >= 4 is 17.0 Å². The van der Waals surface area contributed by atoms with Gasteiger partial charge in [0.05, 0.1) is 12.1 Å². The lowest BCUT2D eigenvalue weighted by atomic mass is 9.96. The zero-order chi connectivity index (χ0) is 14.7. The van der Waals surface area contributed by atoms with Crippen LogP contribution in [0.4, 0.5) is 4.39 Å². The van der Waals surface area contributed by atoms with E-state index < -0.39 is 11.7 Å². The van der Waals surface area contributed by atoms with Crippen molar-refractivity contribution in [2.75, 3.05) is 6.61 Å². The lowest BCUT2D eigenvalue weighted by molar-refractivity contribution is -0.145. The van der Waals surface area contributed by atoms with Crippen LogP contribution in [0.5, 0.6) is 0 Å². The van der Waals surface area contributed by atoms with Gasteiger partial charge in [0.1, 0.15) is 17.3 Å². The van der Waals surface area contributed by atoms with Crippen LogP contribution in [-0.2, 0) is 9.53 Å². The smallest absolute Gasteiger partial charge is 0.316 e. The molecule has 0 spiro atoms. The van der Waals surface area contributed by atoms with E-state index in [1.54, 1.807) is 19.1 Å². The van der Waals surface area contributed by atoms with Crippen molar-refractivity contribution in [2.45, 2.75) is 33.1 Å². The normalized spacial score (nSPS) is 12.8. The zero-order valence-electron chi connectivity index (χ0n) is 11.9. The molecule has 0 saturated heterocycles. The molecule has 1 atom stereocenters. The van der Waals surface area contributed by atoms with Crippen molar-refractivity contribution in [1.82, 2.24) is 9.97 Å². The Balaban J connectivity index is 2.39. The first-order valence-corrected chi connectivity index (χ1v) is 6.83. The number of carbonyl (C=O) groups is 1. The summed E-state index contributed by atoms with van der Waals surface area (Å²) >= 11 is 0. The lowest BCUT2D eigenvalue weighted by Gasteiger charge is -2.15. The molecule has 1 unspecified atom stereocenters. The van der Waals surface area contributed by atoms with E-state index >= 15 is 0 Å². The van der Waals surface area contributed by atoms with Crippen LogP contribution in [0.15, 0.2) is 18.2 Å². The number of nitrogens with one attached hydrogen (secondary N) is 1. The third-order valence-corrected chi connectivity index (χ3v) is 3.09. The van der Waals surface area contributed by atoms with Crippen molar-refractivity contribution in [1.29, 1.82) is 0 Å². The van der Waals surface area contributed by atoms with Crippen LogP contribution in [0.25, 0.3) is 11.0 Å². The quantitative estimate of drug-likeness (QED) is 0.853. The molecule has 1 aromatic carbocycles. The van der Waals surface area contributed by atoms with Gasteiger partial charge in [-0.1, -0.05) is 19.9 Å². The number of para-hydroxylation sites is 1. The van der Waals surface area contributed by atoms with Crippen molar-refractivity contribution in [3.63, 3.8) is 0 Å². The molecule has 2 rings (SSSR count). The summed E-state index contributed by atoms with van der Waals surface area (Å²) in [4.78, 5) is 19.3. The average molecular weight is 278 g/mol. The number of hydrogen-bond donors (Lipinski definition) is 1. The van der Waals surface area contributed by atoms with Gasteiger partial charge in [0, 0.05) is 0 Å². The third kappa shape index (κ3) is 2.98. The predicted molar refractivity (Wildman–Crippen MR) is 74.9 cm³/mol. The molecule has 0 fully saturated rings. The number of nitrogens with zero attached hydrogens (tertiary/aromatic N) is 1. The van der Waals surface area contributed by atoms with E-state index in [4.69, 9.17) is 4.74 Å². The van der Waals surface area contributed by atoms with Crippen molar-refractivity contribution in [2.24, 2.45) is 5.92 Å². The molecule has 0 aliphatic heterocycles. The molecule has 0 saturated carbocycles. The maximum atomic E-state index is 13.7. The monoisotopic (exact) mass is 278 g/mol. The fourth-order valence-corrected chi connectivity index (χ4v) is 2.21. The van der Waals surface area contributed by atoms with Crippen LogP contribution < -0.4 is 0 Å². The van der Waals surface area contributed by atoms with E-state index in [1.807, 2.05) is 13.8 Å². The number of imidazole rings is 1. The number of ether oxygens (including phenoxy) is 1. The summed E-state index contributed by atoms with van der Waals surface area (Å²) < 4.78 is 18.8. The van der Waals surface area contributed by atoms with Gasteiger partial charge in [-0.2, -0.15) is 0 Å². The Bertz CT molecular complexity index is 607. The predicted octanol–water partition coefficient (Wildman–Crippen LogP) is 3.39. The zero-order valence-corrected chi connectivity index (χ0v) is 11.9. The minimum absolute atomic E-state index is 0.264. The van der Waals surface area contributed by atoms with Crippen LogP contribution in [0, 0.1) is 11.7 Å². The molecular weight excluding hydrogens is 259 g/mol. The lowest BCUT2D eigenvalue weighted by Crippen LogP contribution is -2.19. The molecule has 2 aromatic rings. The van der Waals surface area contributed by atoms with Gasteiger partial charge in [0.15, 0.2) is 5.82 Å². The van der Waals surface area contributed by atoms with E-state index in [-0.39, 0.29) is 11.5 Å². The van der Waals surface area contributed by atoms with E-state index in [2.05, 4.69) is 9.97 Å². The summed E-state index contributed by atoms with van der Waals surface area (Å²) in [5, 5.41) is 0. The number of aromatic amines is 1. The number of aromatic nitrogens is 2. The first kappa shape index (κ1) is 14.5. The maximum Gasteiger partial charge on any atom is 0.316 e. The highest BCUT2D eigenvalue weighted by Crippen LogP contribution is 2.26. The fraction of sp³-hybridized carbons (Fsp3) is 0.467. The number of hydrogen-bond acceptors (Lipinski definition) is 3. The van der Waals surface area contributed by atoms with Gasteiger partial charge < -0.3 is 9.72 Å². The molecule has 4 nitrogen and oxygen atoms in total. The second-order valence-corrected chi connectivity index (χ2v) is 5.19. The number of esters is 1. The number of fused-ring (bicyclic) bond motifs is 1. The Morgan fingerprint density at radius 1 is 1.45 bits per heavy atom. The summed E-state index contributed by atoms with van der Waals surface area (Å²) in [5.74, 6) is -0.417. The molecular formula is C15H19FN2O2. The van der Waals surface area contributed by atoms with Crippen molar-refractivity contribution in [3.8, 4) is 0 Å². The van der Waals surface area contributed by atoms with E-state index in [1.165, 1.54) is 6.07 Å². The number of carbonyl (C=O) groups excluding carboxylic acids is 1. The largest absolute Gasteiger partial charge is 0.465 e. The summed E-state index contributed by atoms with van der Waals surface area (Å²) in [6.07, 6.45) is 0.611. The number of benzene rings is 1. The summed E-state index contributed by atoms with van der Waals surface area (Å²) in [6, 6.07) is 4.71. The molecule has 0 amide bonds. The van der Waals surface area contributed by atoms with Crippen LogP contribution >= 0.6 is 0 Å². The molecule has 5 heteroatoms. The van der Waals surface area contributed by atoms with E-state index in [9.17, 15) is 9.18 Å². The van der Waals surface area contributed by atoms with Crippen LogP contribution in [0.2, 0.25) is 0 Å². The van der Waals surface area contributed by atoms with E-state index in [0.29, 0.717) is 30.3 Å². The fourth-order valence-electron chi connectivity index (χ4n) is 2.21. The highest BCUT2D eigenvalue weighted by atomic mass is 19.1. The second kappa shape index (κ2) is 6.03. The number of H-pyrrole nitrogens is 1. The summed E-state index contributed by atoms with van der Waals surface area (Å²) in [7, 11) is 0. The molecule has 0 aliphatic rings. The highest BCUT2D eigenvalue weighted by molar-refractivity contribution is 5.80. The molecule has 0 bridgehead atoms. The van der Waals surface area contributed by atoms with Gasteiger partial charge in [-0.25, -0.2) is 9.37 Å². The molecule has 1 heterocycles. The standard InChI is InChI=1S/C15H19FN2O2/c1-4-20-15(19)10(8-9(2)3)14-17-12-7-5-6-11(16)13(12)18-14/h5-7,9-10H,4,8H2,1-3H3,(H,17,18). The molecule has 20 heavy (non-hydrogen) atoms. The number of rotatable bonds is 5. The topological polar surface area (TPSA) is 55.0 Å². The van der Waals surface area contributed by atoms with Crippen molar-refractivity contribution in [3.05, 3.63) is 29.8 Å². The minimum atomic E-state index is -0.484. The Labute approximate surface area is 117 Å². The highest BCUT2D eigenvalue weighted by Gasteiger charge is 2.26. The Morgan fingerprint density at radius 2 is 2.20 bits per heavy atom. The number of halogens is 1. The first-order valence-electron chi connectivity index (χ1n) is 6.83. The molecule has 0 aliphatic carbocycles. The summed E-state index contributed by atoms with van der Waals surface area (Å²) in [6.45, 7) is 6.13. The van der Waals surface area contributed by atoms with Gasteiger partial charge in [0.2, 0.25) is 0 Å². The van der Waals surface area contributed by atoms with Crippen molar-refractivity contribution < 1.29 is 13.9 Å². The SMILES string of the molecule is CCOC(=O)C(CC(C)C)c1nc2c(F)cccc2[nH]1. The molecule has 0 radical (unpaired) electrons. The summed E-state index contributed by atoms with van der Waals surface area (Å²) in [5.41, 5.74) is 0.860. The van der Waals surface area contributed by atoms with Gasteiger partial charge in [0.25, 0.3) is 0 Å². The third-order valence-electron chi connectivity index (χ3n) is 3.09. The Morgan fingerprint density at radius 3 is 2.80 bits per heavy atom. The van der Waals surface area contributed by atoms with Crippen LogP contribution in [-0.4, -0.2) is 22.5 Å². The molecule has 1 aromatic heterocycles. The first-order chi connectivity index (χ1) is 9.52. The van der Waals surface area contributed by atoms with Gasteiger partial charge in [-0.05, 0) is 31.4 Å². The Kier molecular flexibility index (Phi) is 4.37. The van der Waals surface area contributed by atoms with E-state index in [0.717, 1.165) is 0 Å². The molecule has 108 valence electrons. The molecule has 1 N–H and O–H groups in total. The van der Waals surface area contributed by atoms with Gasteiger partial charge in [-0.15, -0.1) is 0 Å². The van der Waals surface area contributed by atoms with Crippen LogP contribution in [0.3, 0.4) is 0 Å². The second-order valence-electron chi connectivity index (χ2n) is 5.19. The van der Waals surface area contributed by atoms with Gasteiger partial charge in [-0.3, -0.25) is 4.79 Å². The average Bonchev–Trinajstić information content (AvgIpc) is 2.81.